The fraction of sp³-hybridized carbons (Fsp3) is 0.391. The number of carbonyl (C=O) groups excluding carboxylic acids is 2. The van der Waals surface area contributed by atoms with Crippen LogP contribution in [0, 0.1) is 5.92 Å². The van der Waals surface area contributed by atoms with E-state index in [9.17, 15) is 18.0 Å². The van der Waals surface area contributed by atoms with Crippen molar-refractivity contribution in [2.24, 2.45) is 5.92 Å². The molecule has 0 spiro atoms. The number of hydrogen-bond donors (Lipinski definition) is 1. The molecule has 2 aromatic carbocycles. The molecule has 1 unspecified atom stereocenters. The van der Waals surface area contributed by atoms with Gasteiger partial charge in [-0.3, -0.25) is 13.9 Å². The van der Waals surface area contributed by atoms with Crippen molar-refractivity contribution in [1.82, 2.24) is 10.2 Å². The second-order valence-corrected chi connectivity index (χ2v) is 9.69. The highest BCUT2D eigenvalue weighted by atomic mass is 32.2. The Morgan fingerprint density at radius 3 is 2.13 bits per heavy atom. The van der Waals surface area contributed by atoms with E-state index in [1.807, 2.05) is 18.2 Å². The topological polar surface area (TPSA) is 86.8 Å². The summed E-state index contributed by atoms with van der Waals surface area (Å²) in [5.41, 5.74) is 1.98. The molecule has 0 aromatic heterocycles. The van der Waals surface area contributed by atoms with Crippen molar-refractivity contribution < 1.29 is 18.0 Å². The fourth-order valence-corrected chi connectivity index (χ4v) is 4.04. The molecule has 0 aliphatic rings. The first kappa shape index (κ1) is 24.4. The highest BCUT2D eigenvalue weighted by molar-refractivity contribution is 7.92. The van der Waals surface area contributed by atoms with Gasteiger partial charge in [-0.05, 0) is 42.2 Å². The zero-order chi connectivity index (χ0) is 23.0. The monoisotopic (exact) mass is 445 g/mol. The van der Waals surface area contributed by atoms with E-state index in [4.69, 9.17) is 0 Å². The lowest BCUT2D eigenvalue weighted by Gasteiger charge is -2.23. The van der Waals surface area contributed by atoms with Crippen LogP contribution in [0.15, 0.2) is 54.6 Å². The Kier molecular flexibility index (Phi) is 8.62. The van der Waals surface area contributed by atoms with Crippen molar-refractivity contribution in [3.8, 4) is 0 Å². The van der Waals surface area contributed by atoms with Crippen LogP contribution in [-0.4, -0.2) is 58.6 Å². The van der Waals surface area contributed by atoms with Crippen LogP contribution in [0.5, 0.6) is 0 Å². The van der Waals surface area contributed by atoms with Crippen molar-refractivity contribution in [3.05, 3.63) is 65.7 Å². The molecule has 0 aliphatic carbocycles. The summed E-state index contributed by atoms with van der Waals surface area (Å²) in [7, 11) is -0.391. The van der Waals surface area contributed by atoms with Crippen LogP contribution in [0.25, 0.3) is 0 Å². The van der Waals surface area contributed by atoms with Crippen LogP contribution < -0.4 is 9.62 Å². The standard InChI is InChI=1S/C23H31N3O4S/c1-5-18(15-19-9-7-6-8-10-19)16-24-22(27)17-26(31(4,29)30)21-13-11-20(12-14-21)23(28)25(2)3/h6-14,18H,5,15-17H2,1-4H3,(H,24,27). The molecule has 8 heteroatoms. The predicted molar refractivity (Wildman–Crippen MR) is 124 cm³/mol. The third-order valence-electron chi connectivity index (χ3n) is 5.03. The zero-order valence-corrected chi connectivity index (χ0v) is 19.4. The number of amides is 2. The molecule has 2 amide bonds. The van der Waals surface area contributed by atoms with Crippen LogP contribution in [0.1, 0.15) is 29.3 Å². The number of benzene rings is 2. The van der Waals surface area contributed by atoms with Gasteiger partial charge in [-0.25, -0.2) is 8.42 Å². The average Bonchev–Trinajstić information content (AvgIpc) is 2.74. The summed E-state index contributed by atoms with van der Waals surface area (Å²) < 4.78 is 25.6. The number of nitrogens with one attached hydrogen (secondary N) is 1. The van der Waals surface area contributed by atoms with Crippen molar-refractivity contribution in [3.63, 3.8) is 0 Å². The third kappa shape index (κ3) is 7.40. The molecule has 1 atom stereocenters. The maximum atomic E-state index is 12.5. The van der Waals surface area contributed by atoms with Crippen LogP contribution in [0.2, 0.25) is 0 Å². The molecular weight excluding hydrogens is 414 g/mol. The second kappa shape index (κ2) is 10.9. The molecule has 1 N–H and O–H groups in total. The molecule has 2 rings (SSSR count). The summed E-state index contributed by atoms with van der Waals surface area (Å²) in [6.45, 7) is 2.22. The maximum Gasteiger partial charge on any atom is 0.253 e. The Labute approximate surface area is 185 Å². The van der Waals surface area contributed by atoms with Crippen LogP contribution in [0.3, 0.4) is 0 Å². The number of nitrogens with zero attached hydrogens (tertiary/aromatic N) is 2. The maximum absolute atomic E-state index is 12.5. The fourth-order valence-electron chi connectivity index (χ4n) is 3.18. The van der Waals surface area contributed by atoms with E-state index in [1.54, 1.807) is 26.2 Å². The lowest BCUT2D eigenvalue weighted by molar-refractivity contribution is -0.119. The van der Waals surface area contributed by atoms with E-state index in [-0.39, 0.29) is 24.3 Å². The normalized spacial score (nSPS) is 12.1. The molecule has 2 aromatic rings. The number of carbonyl (C=O) groups is 2. The predicted octanol–water partition coefficient (Wildman–Crippen LogP) is 2.54. The number of sulfonamides is 1. The zero-order valence-electron chi connectivity index (χ0n) is 18.5. The van der Waals surface area contributed by atoms with Gasteiger partial charge in [0.1, 0.15) is 6.54 Å². The SMILES string of the molecule is CCC(CNC(=O)CN(c1ccc(C(=O)N(C)C)cc1)S(C)(=O)=O)Cc1ccccc1. The average molecular weight is 446 g/mol. The van der Waals surface area contributed by atoms with E-state index in [1.165, 1.54) is 22.6 Å². The third-order valence-corrected chi connectivity index (χ3v) is 6.17. The quantitative estimate of drug-likeness (QED) is 0.609. The van der Waals surface area contributed by atoms with E-state index >= 15 is 0 Å². The first-order valence-electron chi connectivity index (χ1n) is 10.2. The Hall–Kier alpha value is -2.87. The molecule has 0 bridgehead atoms. The van der Waals surface area contributed by atoms with Gasteiger partial charge in [0.05, 0.1) is 11.9 Å². The number of rotatable bonds is 10. The smallest absolute Gasteiger partial charge is 0.253 e. The molecule has 0 saturated carbocycles. The number of anilines is 1. The van der Waals surface area contributed by atoms with Crippen molar-refractivity contribution in [2.75, 3.05) is 37.7 Å². The molecule has 0 aliphatic heterocycles. The van der Waals surface area contributed by atoms with Crippen molar-refractivity contribution >= 4 is 27.5 Å². The Morgan fingerprint density at radius 2 is 1.61 bits per heavy atom. The lowest BCUT2D eigenvalue weighted by Crippen LogP contribution is -2.42. The van der Waals surface area contributed by atoms with Gasteiger partial charge in [0.25, 0.3) is 5.91 Å². The van der Waals surface area contributed by atoms with Gasteiger partial charge in [0.15, 0.2) is 0 Å². The van der Waals surface area contributed by atoms with Crippen molar-refractivity contribution in [1.29, 1.82) is 0 Å². The second-order valence-electron chi connectivity index (χ2n) is 7.78. The van der Waals surface area contributed by atoms with Gasteiger partial charge in [-0.1, -0.05) is 43.7 Å². The van der Waals surface area contributed by atoms with Crippen LogP contribution in [-0.2, 0) is 21.2 Å². The van der Waals surface area contributed by atoms with E-state index < -0.39 is 10.0 Å². The summed E-state index contributed by atoms with van der Waals surface area (Å²) in [4.78, 5) is 26.0. The van der Waals surface area contributed by atoms with Crippen LogP contribution in [0.4, 0.5) is 5.69 Å². The Morgan fingerprint density at radius 1 is 1.00 bits per heavy atom. The minimum atomic E-state index is -3.68. The minimum Gasteiger partial charge on any atom is -0.354 e. The first-order valence-corrected chi connectivity index (χ1v) is 12.1. The van der Waals surface area contributed by atoms with Gasteiger partial charge in [0.2, 0.25) is 15.9 Å². The number of hydrogen-bond acceptors (Lipinski definition) is 4. The van der Waals surface area contributed by atoms with Crippen molar-refractivity contribution in [2.45, 2.75) is 19.8 Å². The first-order chi connectivity index (χ1) is 14.6. The van der Waals surface area contributed by atoms with E-state index in [0.717, 1.165) is 23.4 Å². The summed E-state index contributed by atoms with van der Waals surface area (Å²) in [5, 5.41) is 2.86. The van der Waals surface area contributed by atoms with Gasteiger partial charge < -0.3 is 10.2 Å². The molecule has 168 valence electrons. The molecule has 0 fully saturated rings. The molecule has 0 radical (unpaired) electrons. The molecule has 0 saturated heterocycles. The largest absolute Gasteiger partial charge is 0.354 e. The van der Waals surface area contributed by atoms with Gasteiger partial charge >= 0.3 is 0 Å². The molecule has 31 heavy (non-hydrogen) atoms. The van der Waals surface area contributed by atoms with E-state index in [0.29, 0.717) is 17.8 Å². The molecule has 7 nitrogen and oxygen atoms in total. The highest BCUT2D eigenvalue weighted by Crippen LogP contribution is 2.19. The summed E-state index contributed by atoms with van der Waals surface area (Å²) in [6, 6.07) is 16.2. The Balaban J connectivity index is 2.03. The summed E-state index contributed by atoms with van der Waals surface area (Å²) in [5.74, 6) is -0.293. The minimum absolute atomic E-state index is 0.181. The lowest BCUT2D eigenvalue weighted by atomic mass is 9.97. The summed E-state index contributed by atoms with van der Waals surface area (Å²) >= 11 is 0. The van der Waals surface area contributed by atoms with Gasteiger partial charge in [0, 0.05) is 26.2 Å². The highest BCUT2D eigenvalue weighted by Gasteiger charge is 2.22. The van der Waals surface area contributed by atoms with Gasteiger partial charge in [-0.15, -0.1) is 0 Å². The van der Waals surface area contributed by atoms with Crippen LogP contribution >= 0.6 is 0 Å². The molecule has 0 heterocycles. The molecular formula is C23H31N3O4S. The summed E-state index contributed by atoms with van der Waals surface area (Å²) in [6.07, 6.45) is 2.80. The Bertz CT molecular complexity index is 974. The van der Waals surface area contributed by atoms with E-state index in [2.05, 4.69) is 24.4 Å². The van der Waals surface area contributed by atoms with Gasteiger partial charge in [-0.2, -0.15) is 0 Å².